The van der Waals surface area contributed by atoms with Crippen LogP contribution in [0.15, 0.2) is 33.9 Å². The summed E-state index contributed by atoms with van der Waals surface area (Å²) in [5.74, 6) is 2.03. The lowest BCUT2D eigenvalue weighted by molar-refractivity contribution is 0.254. The number of rotatable bonds is 4. The van der Waals surface area contributed by atoms with Crippen LogP contribution in [0.4, 0.5) is 0 Å². The van der Waals surface area contributed by atoms with E-state index in [0.29, 0.717) is 36.8 Å². The van der Waals surface area contributed by atoms with Crippen LogP contribution >= 0.6 is 0 Å². The van der Waals surface area contributed by atoms with Gasteiger partial charge in [-0.05, 0) is 68.1 Å². The highest BCUT2D eigenvalue weighted by Crippen LogP contribution is 2.33. The van der Waals surface area contributed by atoms with Gasteiger partial charge in [-0.3, -0.25) is 14.5 Å². The summed E-state index contributed by atoms with van der Waals surface area (Å²) in [7, 11) is 2.07. The Morgan fingerprint density at radius 2 is 1.25 bits per heavy atom. The van der Waals surface area contributed by atoms with Crippen LogP contribution in [0.25, 0.3) is 0 Å². The van der Waals surface area contributed by atoms with Gasteiger partial charge < -0.3 is 19.8 Å². The first-order chi connectivity index (χ1) is 15.5. The van der Waals surface area contributed by atoms with E-state index in [0.717, 1.165) is 50.4 Å². The first-order valence-electron chi connectivity index (χ1n) is 12.1. The molecule has 7 heteroatoms. The third-order valence-electron chi connectivity index (χ3n) is 7.95. The molecule has 2 aromatic heterocycles. The van der Waals surface area contributed by atoms with Crippen molar-refractivity contribution in [3.63, 3.8) is 0 Å². The molecule has 2 fully saturated rings. The van der Waals surface area contributed by atoms with Gasteiger partial charge in [-0.25, -0.2) is 0 Å². The van der Waals surface area contributed by atoms with E-state index >= 15 is 0 Å². The zero-order valence-corrected chi connectivity index (χ0v) is 18.8. The average Bonchev–Trinajstić information content (AvgIpc) is 2.76. The van der Waals surface area contributed by atoms with E-state index < -0.39 is 0 Å². The SMILES string of the molecule is CN(Cc1cc2n(c(=O)c1)C[C@H]1CNCC2C1)Cc1cc2n(c(=O)c1)C[C@@H]1CNC[C@H]2C1. The normalized spacial score (nSPS) is 28.3. The van der Waals surface area contributed by atoms with Gasteiger partial charge in [0.1, 0.15) is 0 Å². The van der Waals surface area contributed by atoms with Crippen molar-refractivity contribution in [3.8, 4) is 0 Å². The maximum absolute atomic E-state index is 12.8. The number of aromatic nitrogens is 2. The van der Waals surface area contributed by atoms with Gasteiger partial charge in [0.15, 0.2) is 0 Å². The summed E-state index contributed by atoms with van der Waals surface area (Å²) in [6.07, 6.45) is 2.36. The Bertz CT molecular complexity index is 1060. The Morgan fingerprint density at radius 3 is 1.72 bits per heavy atom. The number of pyridine rings is 2. The molecular weight excluding hydrogens is 402 g/mol. The van der Waals surface area contributed by atoms with E-state index in [4.69, 9.17) is 0 Å². The first-order valence-corrected chi connectivity index (χ1v) is 12.1. The number of nitrogens with one attached hydrogen (secondary N) is 2. The number of hydrogen-bond donors (Lipinski definition) is 2. The molecule has 0 aromatic carbocycles. The minimum absolute atomic E-state index is 0.133. The number of nitrogens with zero attached hydrogens (tertiary/aromatic N) is 3. The minimum Gasteiger partial charge on any atom is -0.316 e. The summed E-state index contributed by atoms with van der Waals surface area (Å²) in [5, 5.41) is 7.05. The largest absolute Gasteiger partial charge is 0.316 e. The fourth-order valence-electron chi connectivity index (χ4n) is 6.58. The highest BCUT2D eigenvalue weighted by atomic mass is 16.1. The van der Waals surface area contributed by atoms with Gasteiger partial charge in [0.05, 0.1) is 0 Å². The van der Waals surface area contributed by atoms with E-state index in [2.05, 4.69) is 34.7 Å². The van der Waals surface area contributed by atoms with Crippen molar-refractivity contribution in [3.05, 3.63) is 67.5 Å². The van der Waals surface area contributed by atoms with Crippen LogP contribution in [0.2, 0.25) is 0 Å². The van der Waals surface area contributed by atoms with E-state index in [9.17, 15) is 9.59 Å². The molecule has 2 aromatic rings. The lowest BCUT2D eigenvalue weighted by Crippen LogP contribution is -2.45. The minimum atomic E-state index is 0.133. The number of hydrogen-bond acceptors (Lipinski definition) is 5. The van der Waals surface area contributed by atoms with E-state index in [1.165, 1.54) is 24.2 Å². The summed E-state index contributed by atoms with van der Waals surface area (Å²) in [6, 6.07) is 8.09. The standard InChI is InChI=1S/C25H33N5O2/c1-28(12-16-4-22-20-2-18(8-26-10-20)14-29(22)24(31)6-16)13-17-5-23-21-3-19(9-27-11-21)15-30(23)25(32)7-17/h4-7,18-21,26-27H,2-3,8-15H2,1H3/t18-,19+,20+,21?/m0/s1. The average molecular weight is 436 g/mol. The molecule has 4 bridgehead atoms. The second kappa shape index (κ2) is 7.97. The smallest absolute Gasteiger partial charge is 0.251 e. The maximum atomic E-state index is 12.8. The fourth-order valence-corrected chi connectivity index (χ4v) is 6.58. The summed E-state index contributed by atoms with van der Waals surface area (Å²) in [4.78, 5) is 27.9. The second-order valence-corrected chi connectivity index (χ2v) is 10.6. The molecule has 170 valence electrons. The monoisotopic (exact) mass is 435 g/mol. The molecule has 1 unspecified atom stereocenters. The van der Waals surface area contributed by atoms with Crippen molar-refractivity contribution >= 4 is 0 Å². The van der Waals surface area contributed by atoms with Gasteiger partial charge in [0.2, 0.25) is 0 Å². The van der Waals surface area contributed by atoms with Gasteiger partial charge in [0, 0.05) is 74.6 Å². The molecule has 6 rings (SSSR count). The highest BCUT2D eigenvalue weighted by molar-refractivity contribution is 5.26. The van der Waals surface area contributed by atoms with Gasteiger partial charge in [-0.15, -0.1) is 0 Å². The van der Waals surface area contributed by atoms with Gasteiger partial charge in [0.25, 0.3) is 11.1 Å². The topological polar surface area (TPSA) is 71.3 Å². The Labute approximate surface area is 188 Å². The Hall–Kier alpha value is -2.22. The summed E-state index contributed by atoms with van der Waals surface area (Å²) >= 11 is 0. The number of piperidine rings is 2. The van der Waals surface area contributed by atoms with Crippen LogP contribution in [-0.4, -0.2) is 47.3 Å². The molecule has 2 saturated heterocycles. The van der Waals surface area contributed by atoms with Gasteiger partial charge in [-0.1, -0.05) is 0 Å². The highest BCUT2D eigenvalue weighted by Gasteiger charge is 2.32. The van der Waals surface area contributed by atoms with E-state index in [1.807, 2.05) is 21.3 Å². The van der Waals surface area contributed by atoms with E-state index in [1.54, 1.807) is 0 Å². The summed E-state index contributed by atoms with van der Waals surface area (Å²) in [5.41, 5.74) is 4.79. The molecule has 6 heterocycles. The molecule has 2 N–H and O–H groups in total. The van der Waals surface area contributed by atoms with Crippen molar-refractivity contribution in [1.82, 2.24) is 24.7 Å². The van der Waals surface area contributed by atoms with Crippen LogP contribution < -0.4 is 21.8 Å². The van der Waals surface area contributed by atoms with Crippen LogP contribution in [0.5, 0.6) is 0 Å². The predicted molar refractivity (Wildman–Crippen MR) is 124 cm³/mol. The number of fused-ring (bicyclic) bond motifs is 8. The van der Waals surface area contributed by atoms with Crippen LogP contribution in [-0.2, 0) is 26.2 Å². The Morgan fingerprint density at radius 1 is 0.781 bits per heavy atom. The fraction of sp³-hybridized carbons (Fsp3) is 0.600. The molecule has 0 radical (unpaired) electrons. The van der Waals surface area contributed by atoms with Crippen molar-refractivity contribution in [2.75, 3.05) is 33.2 Å². The molecule has 4 aliphatic heterocycles. The molecule has 32 heavy (non-hydrogen) atoms. The zero-order chi connectivity index (χ0) is 21.8. The van der Waals surface area contributed by atoms with Crippen LogP contribution in [0, 0.1) is 11.8 Å². The third-order valence-corrected chi connectivity index (χ3v) is 7.95. The van der Waals surface area contributed by atoms with E-state index in [-0.39, 0.29) is 11.1 Å². The van der Waals surface area contributed by atoms with Crippen molar-refractivity contribution in [2.24, 2.45) is 11.8 Å². The second-order valence-electron chi connectivity index (χ2n) is 10.6. The molecule has 0 amide bonds. The molecule has 0 saturated carbocycles. The first kappa shape index (κ1) is 20.4. The Kier molecular flexibility index (Phi) is 5.08. The predicted octanol–water partition coefficient (Wildman–Crippen LogP) is 1.06. The van der Waals surface area contributed by atoms with Crippen molar-refractivity contribution < 1.29 is 0 Å². The molecule has 7 nitrogen and oxygen atoms in total. The van der Waals surface area contributed by atoms with Gasteiger partial charge >= 0.3 is 0 Å². The molecule has 4 atom stereocenters. The molecular formula is C25H33N5O2. The quantitative estimate of drug-likeness (QED) is 0.752. The lowest BCUT2D eigenvalue weighted by atomic mass is 9.83. The lowest BCUT2D eigenvalue weighted by Gasteiger charge is -2.38. The molecule has 0 spiro atoms. The maximum Gasteiger partial charge on any atom is 0.251 e. The summed E-state index contributed by atoms with van der Waals surface area (Å²) < 4.78 is 4.00. The van der Waals surface area contributed by atoms with Crippen molar-refractivity contribution in [2.45, 2.75) is 50.9 Å². The third kappa shape index (κ3) is 3.66. The zero-order valence-electron chi connectivity index (χ0n) is 18.8. The molecule has 0 aliphatic carbocycles. The summed E-state index contributed by atoms with van der Waals surface area (Å²) in [6.45, 7) is 7.05. The van der Waals surface area contributed by atoms with Gasteiger partial charge in [-0.2, -0.15) is 0 Å². The molecule has 4 aliphatic rings. The van der Waals surface area contributed by atoms with Crippen LogP contribution in [0.3, 0.4) is 0 Å². The van der Waals surface area contributed by atoms with Crippen LogP contribution in [0.1, 0.15) is 47.2 Å². The van der Waals surface area contributed by atoms with Crippen molar-refractivity contribution in [1.29, 1.82) is 0 Å². The Balaban J connectivity index is 1.22.